The Morgan fingerprint density at radius 1 is 0.846 bits per heavy atom. The molecule has 1 aliphatic heterocycles. The van der Waals surface area contributed by atoms with Gasteiger partial charge in [0.1, 0.15) is 11.6 Å². The number of anilines is 1. The van der Waals surface area contributed by atoms with Crippen LogP contribution in [0, 0.1) is 17.6 Å². The number of carbonyl (C=O) groups is 2. The number of carbonyl (C=O) groups excluding carboxylic acids is 2. The summed E-state index contributed by atoms with van der Waals surface area (Å²) < 4.78 is 31.6. The van der Waals surface area contributed by atoms with Gasteiger partial charge >= 0.3 is 5.97 Å². The number of benzene rings is 4. The Morgan fingerprint density at radius 3 is 1.95 bits per heavy atom. The first-order chi connectivity index (χ1) is 18.9. The molecule has 1 N–H and O–H groups in total. The quantitative estimate of drug-likeness (QED) is 0.206. The van der Waals surface area contributed by atoms with Gasteiger partial charge in [-0.2, -0.15) is 0 Å². The van der Waals surface area contributed by atoms with Crippen LogP contribution in [0.2, 0.25) is 0 Å². The molecule has 0 aromatic heterocycles. The fraction of sp³-hybridized carbons (Fsp3) is 0.188. The minimum Gasteiger partial charge on any atom is -0.465 e. The lowest BCUT2D eigenvalue weighted by Gasteiger charge is -2.48. The molecule has 1 amide bonds. The Labute approximate surface area is 225 Å². The first-order valence-electron chi connectivity index (χ1n) is 12.7. The first kappa shape index (κ1) is 26.3. The zero-order chi connectivity index (χ0) is 27.5. The maximum absolute atomic E-state index is 13.6. The fourth-order valence-electron chi connectivity index (χ4n) is 5.08. The number of halogens is 2. The van der Waals surface area contributed by atoms with Gasteiger partial charge in [-0.1, -0.05) is 48.5 Å². The molecule has 4 aromatic carbocycles. The smallest absolute Gasteiger partial charge is 0.337 e. The predicted octanol–water partition coefficient (Wildman–Crippen LogP) is 6.64. The van der Waals surface area contributed by atoms with Crippen LogP contribution >= 0.6 is 0 Å². The number of hydrogen-bond donors (Lipinski definition) is 1. The van der Waals surface area contributed by atoms with E-state index in [9.17, 15) is 23.5 Å². The van der Waals surface area contributed by atoms with Gasteiger partial charge in [-0.15, -0.1) is 0 Å². The molecule has 0 aliphatic carbocycles. The molecular formula is C32H27F2NO4. The standard InChI is InChI=1S/C32H27F2NO4/c1-39-32(38)24-8-4-21(5-9-24)20-2-6-23(7-3-20)30-28(18-19-29(36)22-10-12-25(33)13-11-22)31(37)35(30)27-16-14-26(34)15-17-27/h2-17,28-30,36H,18-19H2,1H3. The molecule has 5 nitrogen and oxygen atoms in total. The van der Waals surface area contributed by atoms with Crippen molar-refractivity contribution in [3.05, 3.63) is 125 Å². The van der Waals surface area contributed by atoms with E-state index in [-0.39, 0.29) is 29.5 Å². The van der Waals surface area contributed by atoms with E-state index in [1.165, 1.54) is 31.4 Å². The maximum Gasteiger partial charge on any atom is 0.337 e. The minimum absolute atomic E-state index is 0.0969. The maximum atomic E-state index is 13.6. The van der Waals surface area contributed by atoms with E-state index in [2.05, 4.69) is 0 Å². The summed E-state index contributed by atoms with van der Waals surface area (Å²) in [5, 5.41) is 10.7. The molecule has 5 rings (SSSR count). The van der Waals surface area contributed by atoms with Crippen LogP contribution < -0.4 is 4.90 Å². The summed E-state index contributed by atoms with van der Waals surface area (Å²) in [4.78, 5) is 26.7. The third kappa shape index (κ3) is 5.45. The summed E-state index contributed by atoms with van der Waals surface area (Å²) in [6.45, 7) is 0. The van der Waals surface area contributed by atoms with Crippen molar-refractivity contribution in [2.45, 2.75) is 25.0 Å². The van der Waals surface area contributed by atoms with Crippen molar-refractivity contribution in [1.82, 2.24) is 0 Å². The summed E-state index contributed by atoms with van der Waals surface area (Å²) in [5.41, 5.74) is 4.44. The highest BCUT2D eigenvalue weighted by atomic mass is 19.1. The lowest BCUT2D eigenvalue weighted by molar-refractivity contribution is -0.131. The average Bonchev–Trinajstić information content (AvgIpc) is 2.97. The van der Waals surface area contributed by atoms with E-state index in [0.717, 1.165) is 16.7 Å². The predicted molar refractivity (Wildman–Crippen MR) is 144 cm³/mol. The van der Waals surface area contributed by atoms with Crippen LogP contribution in [-0.4, -0.2) is 24.1 Å². The molecule has 4 aromatic rings. The number of aliphatic hydroxyl groups is 1. The van der Waals surface area contributed by atoms with E-state index in [4.69, 9.17) is 4.74 Å². The minimum atomic E-state index is -0.825. The SMILES string of the molecule is COC(=O)c1ccc(-c2ccc(C3C(CCC(O)c4ccc(F)cc4)C(=O)N3c3ccc(F)cc3)cc2)cc1. The van der Waals surface area contributed by atoms with Crippen molar-refractivity contribution in [3.63, 3.8) is 0 Å². The number of amides is 1. The molecule has 1 saturated heterocycles. The highest BCUT2D eigenvalue weighted by Crippen LogP contribution is 2.46. The van der Waals surface area contributed by atoms with Gasteiger partial charge in [-0.25, -0.2) is 13.6 Å². The van der Waals surface area contributed by atoms with Crippen LogP contribution in [0.25, 0.3) is 11.1 Å². The van der Waals surface area contributed by atoms with Gasteiger partial charge in [-0.3, -0.25) is 4.79 Å². The second kappa shape index (κ2) is 11.2. The van der Waals surface area contributed by atoms with Gasteiger partial charge < -0.3 is 14.7 Å². The number of rotatable bonds is 8. The van der Waals surface area contributed by atoms with E-state index in [1.807, 2.05) is 36.4 Å². The number of nitrogens with zero attached hydrogens (tertiary/aromatic N) is 1. The Hall–Kier alpha value is -4.36. The zero-order valence-corrected chi connectivity index (χ0v) is 21.3. The summed E-state index contributed by atoms with van der Waals surface area (Å²) in [6, 6.07) is 26.2. The highest BCUT2D eigenvalue weighted by molar-refractivity contribution is 6.03. The third-order valence-corrected chi connectivity index (χ3v) is 7.22. The molecule has 0 saturated carbocycles. The summed E-state index contributed by atoms with van der Waals surface area (Å²) >= 11 is 0. The van der Waals surface area contributed by atoms with E-state index < -0.39 is 12.1 Å². The van der Waals surface area contributed by atoms with Crippen LogP contribution in [0.15, 0.2) is 97.1 Å². The summed E-state index contributed by atoms with van der Waals surface area (Å²) in [6.07, 6.45) is -0.0639. The molecular weight excluding hydrogens is 500 g/mol. The number of ether oxygens (including phenoxy) is 1. The van der Waals surface area contributed by atoms with Gasteiger partial charge in [0.15, 0.2) is 0 Å². The van der Waals surface area contributed by atoms with Crippen molar-refractivity contribution >= 4 is 17.6 Å². The largest absolute Gasteiger partial charge is 0.465 e. The van der Waals surface area contributed by atoms with Crippen molar-refractivity contribution < 1.29 is 28.2 Å². The summed E-state index contributed by atoms with van der Waals surface area (Å²) in [7, 11) is 1.34. The topological polar surface area (TPSA) is 66.8 Å². The van der Waals surface area contributed by atoms with Crippen LogP contribution in [0.5, 0.6) is 0 Å². The van der Waals surface area contributed by atoms with Gasteiger partial charge in [0.2, 0.25) is 5.91 Å². The third-order valence-electron chi connectivity index (χ3n) is 7.22. The van der Waals surface area contributed by atoms with Crippen LogP contribution in [0.4, 0.5) is 14.5 Å². The van der Waals surface area contributed by atoms with Crippen molar-refractivity contribution in [1.29, 1.82) is 0 Å². The molecule has 0 spiro atoms. The van der Waals surface area contributed by atoms with Crippen LogP contribution in [-0.2, 0) is 9.53 Å². The molecule has 1 aliphatic rings. The molecule has 39 heavy (non-hydrogen) atoms. The van der Waals surface area contributed by atoms with Crippen molar-refractivity contribution in [2.24, 2.45) is 5.92 Å². The lowest BCUT2D eigenvalue weighted by atomic mass is 9.78. The van der Waals surface area contributed by atoms with E-state index >= 15 is 0 Å². The number of aliphatic hydroxyl groups excluding tert-OH is 1. The molecule has 7 heteroatoms. The number of hydrogen-bond acceptors (Lipinski definition) is 4. The van der Waals surface area contributed by atoms with Gasteiger partial charge in [0.05, 0.1) is 30.7 Å². The second-order valence-electron chi connectivity index (χ2n) is 9.57. The zero-order valence-electron chi connectivity index (χ0n) is 21.3. The van der Waals surface area contributed by atoms with Crippen LogP contribution in [0.1, 0.15) is 46.5 Å². The average molecular weight is 528 g/mol. The number of methoxy groups -OCH3 is 1. The lowest BCUT2D eigenvalue weighted by Crippen LogP contribution is -2.55. The van der Waals surface area contributed by atoms with Gasteiger partial charge in [0, 0.05) is 5.69 Å². The van der Waals surface area contributed by atoms with E-state index in [0.29, 0.717) is 29.7 Å². The van der Waals surface area contributed by atoms with Crippen LogP contribution in [0.3, 0.4) is 0 Å². The molecule has 1 fully saturated rings. The molecule has 198 valence electrons. The first-order valence-corrected chi connectivity index (χ1v) is 12.7. The van der Waals surface area contributed by atoms with E-state index in [1.54, 1.807) is 41.3 Å². The monoisotopic (exact) mass is 527 g/mol. The fourth-order valence-corrected chi connectivity index (χ4v) is 5.08. The van der Waals surface area contributed by atoms with Crippen molar-refractivity contribution in [2.75, 3.05) is 12.0 Å². The summed E-state index contributed by atoms with van der Waals surface area (Å²) in [5.74, 6) is -1.64. The highest BCUT2D eigenvalue weighted by Gasteiger charge is 2.48. The molecule has 0 bridgehead atoms. The molecule has 3 atom stereocenters. The Balaban J connectivity index is 1.38. The van der Waals surface area contributed by atoms with Gasteiger partial charge in [0.25, 0.3) is 0 Å². The Morgan fingerprint density at radius 2 is 1.38 bits per heavy atom. The normalized spacial score (nSPS) is 17.4. The molecule has 1 heterocycles. The van der Waals surface area contributed by atoms with Crippen molar-refractivity contribution in [3.8, 4) is 11.1 Å². The Bertz CT molecular complexity index is 1450. The second-order valence-corrected chi connectivity index (χ2v) is 9.57. The molecule has 0 radical (unpaired) electrons. The Kier molecular flexibility index (Phi) is 7.52. The molecule has 3 unspecified atom stereocenters. The number of β-lactam (4-membered cyclic amide) rings is 1. The van der Waals surface area contributed by atoms with Gasteiger partial charge in [-0.05, 0) is 83.6 Å². The number of esters is 1.